The van der Waals surface area contributed by atoms with E-state index in [9.17, 15) is 14.7 Å². The van der Waals surface area contributed by atoms with Gasteiger partial charge < -0.3 is 15.3 Å². The van der Waals surface area contributed by atoms with Crippen LogP contribution in [0.2, 0.25) is 0 Å². The second-order valence-corrected chi connectivity index (χ2v) is 7.69. The molecule has 1 aromatic carbocycles. The van der Waals surface area contributed by atoms with Crippen molar-refractivity contribution in [2.45, 2.75) is 44.2 Å². The summed E-state index contributed by atoms with van der Waals surface area (Å²) in [6.07, 6.45) is 4.99. The van der Waals surface area contributed by atoms with Gasteiger partial charge in [-0.05, 0) is 61.6 Å². The van der Waals surface area contributed by atoms with Gasteiger partial charge in [0.2, 0.25) is 5.91 Å². The standard InChI is InChI=1S/C22H25N3O3/c26-19-12-16(13-19)20(14-17-4-1-2-10-23-17)24-22(28)15-6-8-18(9-7-15)25-11-3-5-21(25)27/h1-2,4,6-10,16,19-20,26H,3,5,11-14H2,(H,24,28). The fraction of sp³-hybridized carbons (Fsp3) is 0.409. The Balaban J connectivity index is 1.44. The topological polar surface area (TPSA) is 82.5 Å². The van der Waals surface area contributed by atoms with E-state index in [1.807, 2.05) is 30.3 Å². The number of carbonyl (C=O) groups is 2. The van der Waals surface area contributed by atoms with E-state index in [1.165, 1.54) is 0 Å². The second kappa shape index (κ2) is 8.10. The molecule has 1 aliphatic carbocycles. The van der Waals surface area contributed by atoms with Crippen LogP contribution in [-0.4, -0.2) is 40.6 Å². The number of hydrogen-bond acceptors (Lipinski definition) is 4. The van der Waals surface area contributed by atoms with E-state index in [0.29, 0.717) is 31.2 Å². The number of benzene rings is 1. The maximum atomic E-state index is 12.8. The van der Waals surface area contributed by atoms with Gasteiger partial charge in [-0.1, -0.05) is 6.07 Å². The van der Waals surface area contributed by atoms with Crippen molar-refractivity contribution in [1.29, 1.82) is 0 Å². The molecule has 1 atom stereocenters. The van der Waals surface area contributed by atoms with Crippen LogP contribution in [-0.2, 0) is 11.2 Å². The van der Waals surface area contributed by atoms with Crippen LogP contribution in [0.25, 0.3) is 0 Å². The fourth-order valence-electron chi connectivity index (χ4n) is 4.00. The fourth-order valence-corrected chi connectivity index (χ4v) is 4.00. The Kier molecular flexibility index (Phi) is 5.39. The molecule has 2 heterocycles. The van der Waals surface area contributed by atoms with E-state index in [0.717, 1.165) is 24.3 Å². The first-order valence-electron chi connectivity index (χ1n) is 9.89. The molecule has 0 radical (unpaired) electrons. The summed E-state index contributed by atoms with van der Waals surface area (Å²) < 4.78 is 0. The Hall–Kier alpha value is -2.73. The number of rotatable bonds is 6. The van der Waals surface area contributed by atoms with Gasteiger partial charge in [0.25, 0.3) is 5.91 Å². The van der Waals surface area contributed by atoms with Gasteiger partial charge in [0, 0.05) is 48.6 Å². The van der Waals surface area contributed by atoms with E-state index in [4.69, 9.17) is 0 Å². The lowest BCUT2D eigenvalue weighted by Gasteiger charge is -2.38. The van der Waals surface area contributed by atoms with Crippen molar-refractivity contribution in [2.24, 2.45) is 5.92 Å². The van der Waals surface area contributed by atoms with Crippen LogP contribution in [0.1, 0.15) is 41.7 Å². The number of pyridine rings is 1. The van der Waals surface area contributed by atoms with Crippen molar-refractivity contribution >= 4 is 17.5 Å². The zero-order valence-corrected chi connectivity index (χ0v) is 15.8. The molecule has 6 heteroatoms. The van der Waals surface area contributed by atoms with Crippen LogP contribution in [0.5, 0.6) is 0 Å². The van der Waals surface area contributed by atoms with Crippen molar-refractivity contribution in [3.63, 3.8) is 0 Å². The summed E-state index contributed by atoms with van der Waals surface area (Å²) in [5, 5.41) is 12.8. The molecule has 1 unspecified atom stereocenters. The average molecular weight is 379 g/mol. The number of amides is 2. The van der Waals surface area contributed by atoms with Crippen molar-refractivity contribution in [2.75, 3.05) is 11.4 Å². The Morgan fingerprint density at radius 2 is 2.00 bits per heavy atom. The Morgan fingerprint density at radius 1 is 1.21 bits per heavy atom. The summed E-state index contributed by atoms with van der Waals surface area (Å²) in [4.78, 5) is 30.8. The average Bonchev–Trinajstić information content (AvgIpc) is 3.12. The van der Waals surface area contributed by atoms with Crippen LogP contribution >= 0.6 is 0 Å². The highest BCUT2D eigenvalue weighted by Gasteiger charge is 2.35. The molecule has 146 valence electrons. The van der Waals surface area contributed by atoms with Crippen LogP contribution < -0.4 is 10.2 Å². The van der Waals surface area contributed by atoms with E-state index in [2.05, 4.69) is 10.3 Å². The van der Waals surface area contributed by atoms with E-state index in [1.54, 1.807) is 23.2 Å². The van der Waals surface area contributed by atoms with Gasteiger partial charge in [-0.15, -0.1) is 0 Å². The normalized spacial score (nSPS) is 22.6. The van der Waals surface area contributed by atoms with E-state index in [-0.39, 0.29) is 29.9 Å². The zero-order valence-electron chi connectivity index (χ0n) is 15.8. The molecular formula is C22H25N3O3. The van der Waals surface area contributed by atoms with Gasteiger partial charge in [0.15, 0.2) is 0 Å². The number of aromatic nitrogens is 1. The second-order valence-electron chi connectivity index (χ2n) is 7.69. The molecule has 6 nitrogen and oxygen atoms in total. The number of hydrogen-bond donors (Lipinski definition) is 2. The van der Waals surface area contributed by atoms with Gasteiger partial charge in [0.1, 0.15) is 0 Å². The van der Waals surface area contributed by atoms with E-state index >= 15 is 0 Å². The third-order valence-electron chi connectivity index (χ3n) is 5.70. The largest absolute Gasteiger partial charge is 0.393 e. The first-order chi connectivity index (χ1) is 13.6. The molecule has 0 spiro atoms. The number of aliphatic hydroxyl groups is 1. The van der Waals surface area contributed by atoms with Crippen molar-refractivity contribution in [1.82, 2.24) is 10.3 Å². The summed E-state index contributed by atoms with van der Waals surface area (Å²) in [7, 11) is 0. The SMILES string of the molecule is O=C(NC(Cc1ccccn1)C1CC(O)C1)c1ccc(N2CCCC2=O)cc1. The minimum Gasteiger partial charge on any atom is -0.393 e. The van der Waals surface area contributed by atoms with Crippen molar-refractivity contribution < 1.29 is 14.7 Å². The molecule has 1 aromatic heterocycles. The number of anilines is 1. The van der Waals surface area contributed by atoms with Gasteiger partial charge in [-0.3, -0.25) is 14.6 Å². The number of aliphatic hydroxyl groups excluding tert-OH is 1. The predicted octanol–water partition coefficient (Wildman–Crippen LogP) is 2.32. The number of nitrogens with one attached hydrogen (secondary N) is 1. The highest BCUT2D eigenvalue weighted by atomic mass is 16.3. The van der Waals surface area contributed by atoms with Crippen molar-refractivity contribution in [3.05, 3.63) is 59.9 Å². The lowest BCUT2D eigenvalue weighted by molar-refractivity contribution is -0.117. The monoisotopic (exact) mass is 379 g/mol. The van der Waals surface area contributed by atoms with Crippen LogP contribution in [0, 0.1) is 5.92 Å². The zero-order chi connectivity index (χ0) is 19.5. The lowest BCUT2D eigenvalue weighted by atomic mass is 9.76. The first kappa shape index (κ1) is 18.6. The quantitative estimate of drug-likeness (QED) is 0.807. The first-order valence-corrected chi connectivity index (χ1v) is 9.89. The molecule has 2 amide bonds. The number of carbonyl (C=O) groups excluding carboxylic acids is 2. The molecule has 2 N–H and O–H groups in total. The molecule has 2 aromatic rings. The summed E-state index contributed by atoms with van der Waals surface area (Å²) >= 11 is 0. The molecule has 4 rings (SSSR count). The molecule has 28 heavy (non-hydrogen) atoms. The summed E-state index contributed by atoms with van der Waals surface area (Å²) in [6.45, 7) is 0.737. The Bertz CT molecular complexity index is 832. The minimum absolute atomic E-state index is 0.0642. The minimum atomic E-state index is -0.273. The summed E-state index contributed by atoms with van der Waals surface area (Å²) in [5.41, 5.74) is 2.34. The predicted molar refractivity (Wildman–Crippen MR) is 106 cm³/mol. The third-order valence-corrected chi connectivity index (χ3v) is 5.70. The summed E-state index contributed by atoms with van der Waals surface area (Å²) in [5.74, 6) is 0.250. The molecule has 1 saturated heterocycles. The van der Waals surface area contributed by atoms with Crippen LogP contribution in [0.3, 0.4) is 0 Å². The Labute approximate surface area is 164 Å². The molecular weight excluding hydrogens is 354 g/mol. The molecule has 1 aliphatic heterocycles. The van der Waals surface area contributed by atoms with Gasteiger partial charge in [-0.25, -0.2) is 0 Å². The van der Waals surface area contributed by atoms with Crippen molar-refractivity contribution in [3.8, 4) is 0 Å². The van der Waals surface area contributed by atoms with Crippen LogP contribution in [0.4, 0.5) is 5.69 Å². The van der Waals surface area contributed by atoms with Crippen LogP contribution in [0.15, 0.2) is 48.7 Å². The molecule has 1 saturated carbocycles. The molecule has 2 aliphatic rings. The van der Waals surface area contributed by atoms with Gasteiger partial charge in [-0.2, -0.15) is 0 Å². The van der Waals surface area contributed by atoms with E-state index < -0.39 is 0 Å². The highest BCUT2D eigenvalue weighted by molar-refractivity contribution is 5.97. The summed E-state index contributed by atoms with van der Waals surface area (Å²) in [6, 6.07) is 12.9. The maximum Gasteiger partial charge on any atom is 0.251 e. The lowest BCUT2D eigenvalue weighted by Crippen LogP contribution is -2.48. The highest BCUT2D eigenvalue weighted by Crippen LogP contribution is 2.32. The smallest absolute Gasteiger partial charge is 0.251 e. The molecule has 2 fully saturated rings. The molecule has 0 bridgehead atoms. The van der Waals surface area contributed by atoms with Gasteiger partial charge in [0.05, 0.1) is 6.10 Å². The van der Waals surface area contributed by atoms with Gasteiger partial charge >= 0.3 is 0 Å². The Morgan fingerprint density at radius 3 is 2.61 bits per heavy atom. The number of nitrogens with zero attached hydrogens (tertiary/aromatic N) is 2. The maximum absolute atomic E-state index is 12.8. The third kappa shape index (κ3) is 4.07.